The molecule has 0 aliphatic carbocycles. The van der Waals surface area contributed by atoms with Crippen LogP contribution in [0.4, 0.5) is 5.69 Å². The molecule has 0 saturated carbocycles. The number of hydrogen-bond donors (Lipinski definition) is 3. The Morgan fingerprint density at radius 3 is 2.95 bits per heavy atom. The van der Waals surface area contributed by atoms with Crippen molar-refractivity contribution in [2.24, 2.45) is 11.7 Å². The van der Waals surface area contributed by atoms with Crippen molar-refractivity contribution in [1.29, 1.82) is 0 Å². The Kier molecular flexibility index (Phi) is 4.74. The molecule has 20 heavy (non-hydrogen) atoms. The third kappa shape index (κ3) is 3.57. The number of carbonyl (C=O) groups is 1. The molecule has 1 amide bonds. The van der Waals surface area contributed by atoms with E-state index < -0.39 is 0 Å². The number of para-hydroxylation sites is 1. The smallest absolute Gasteiger partial charge is 0.227 e. The number of aromatic nitrogens is 2. The highest BCUT2D eigenvalue weighted by molar-refractivity contribution is 6.00. The van der Waals surface area contributed by atoms with E-state index in [4.69, 9.17) is 5.73 Å². The van der Waals surface area contributed by atoms with Gasteiger partial charge in [-0.1, -0.05) is 25.5 Å². The molecule has 1 heterocycles. The SMILES string of the molecule is CC(N)CCCC(C)C(=O)Nc1cccc2cn[nH]c12. The van der Waals surface area contributed by atoms with Crippen molar-refractivity contribution in [3.8, 4) is 0 Å². The fraction of sp³-hybridized carbons (Fsp3) is 0.467. The standard InChI is InChI=1S/C15H22N4O/c1-10(5-3-6-11(2)16)15(20)18-13-8-4-7-12-9-17-19-14(12)13/h4,7-11H,3,5-6,16H2,1-2H3,(H,17,19)(H,18,20). The van der Waals surface area contributed by atoms with E-state index in [1.165, 1.54) is 0 Å². The molecule has 0 saturated heterocycles. The molecule has 0 aliphatic heterocycles. The number of nitrogens with two attached hydrogens (primary N) is 1. The monoisotopic (exact) mass is 274 g/mol. The molecule has 108 valence electrons. The van der Waals surface area contributed by atoms with Gasteiger partial charge in [0.15, 0.2) is 0 Å². The summed E-state index contributed by atoms with van der Waals surface area (Å²) in [5.41, 5.74) is 7.36. The molecule has 2 rings (SSSR count). The van der Waals surface area contributed by atoms with Crippen molar-refractivity contribution < 1.29 is 4.79 Å². The van der Waals surface area contributed by atoms with E-state index in [0.29, 0.717) is 0 Å². The first-order chi connectivity index (χ1) is 9.58. The van der Waals surface area contributed by atoms with Crippen LogP contribution in [-0.4, -0.2) is 22.1 Å². The Labute approximate surface area is 118 Å². The summed E-state index contributed by atoms with van der Waals surface area (Å²) in [5.74, 6) is 0.0173. The van der Waals surface area contributed by atoms with Gasteiger partial charge in [-0.15, -0.1) is 0 Å². The number of anilines is 1. The average molecular weight is 274 g/mol. The van der Waals surface area contributed by atoms with E-state index in [1.807, 2.05) is 32.0 Å². The number of hydrogen-bond acceptors (Lipinski definition) is 3. The quantitative estimate of drug-likeness (QED) is 0.757. The minimum Gasteiger partial charge on any atom is -0.328 e. The number of rotatable bonds is 6. The number of H-pyrrole nitrogens is 1. The first-order valence-electron chi connectivity index (χ1n) is 7.06. The maximum absolute atomic E-state index is 12.2. The molecule has 0 fully saturated rings. The molecule has 1 aromatic carbocycles. The molecule has 2 unspecified atom stereocenters. The van der Waals surface area contributed by atoms with Crippen LogP contribution in [0.25, 0.3) is 10.9 Å². The lowest BCUT2D eigenvalue weighted by Crippen LogP contribution is -2.21. The number of fused-ring (bicyclic) bond motifs is 1. The van der Waals surface area contributed by atoms with Gasteiger partial charge in [0.1, 0.15) is 0 Å². The highest BCUT2D eigenvalue weighted by atomic mass is 16.1. The Balaban J connectivity index is 1.95. The van der Waals surface area contributed by atoms with Gasteiger partial charge in [0.2, 0.25) is 5.91 Å². The Bertz CT molecular complexity index is 576. The van der Waals surface area contributed by atoms with Crippen LogP contribution < -0.4 is 11.1 Å². The Morgan fingerprint density at radius 2 is 2.20 bits per heavy atom. The van der Waals surface area contributed by atoms with Crippen LogP contribution in [0.3, 0.4) is 0 Å². The summed E-state index contributed by atoms with van der Waals surface area (Å²) in [6.45, 7) is 3.94. The van der Waals surface area contributed by atoms with Crippen LogP contribution in [0.5, 0.6) is 0 Å². The number of carbonyl (C=O) groups excluding carboxylic acids is 1. The maximum Gasteiger partial charge on any atom is 0.227 e. The zero-order valence-corrected chi connectivity index (χ0v) is 12.0. The van der Waals surface area contributed by atoms with E-state index in [-0.39, 0.29) is 17.9 Å². The third-order valence-corrected chi connectivity index (χ3v) is 3.48. The summed E-state index contributed by atoms with van der Waals surface area (Å²) in [6.07, 6.45) is 4.53. The minimum absolute atomic E-state index is 0.0214. The van der Waals surface area contributed by atoms with Gasteiger partial charge < -0.3 is 11.1 Å². The summed E-state index contributed by atoms with van der Waals surface area (Å²) in [5, 5.41) is 10.9. The fourth-order valence-electron chi connectivity index (χ4n) is 2.21. The second-order valence-electron chi connectivity index (χ2n) is 5.44. The van der Waals surface area contributed by atoms with Crippen molar-refractivity contribution in [3.05, 3.63) is 24.4 Å². The van der Waals surface area contributed by atoms with Gasteiger partial charge in [-0.25, -0.2) is 0 Å². The van der Waals surface area contributed by atoms with Crippen LogP contribution in [0.1, 0.15) is 33.1 Å². The van der Waals surface area contributed by atoms with E-state index in [0.717, 1.165) is 35.9 Å². The number of benzene rings is 1. The Hall–Kier alpha value is -1.88. The minimum atomic E-state index is -0.0214. The average Bonchev–Trinajstić information content (AvgIpc) is 2.87. The van der Waals surface area contributed by atoms with Crippen LogP contribution in [0.15, 0.2) is 24.4 Å². The summed E-state index contributed by atoms with van der Waals surface area (Å²) in [6, 6.07) is 5.95. The highest BCUT2D eigenvalue weighted by Gasteiger charge is 2.14. The van der Waals surface area contributed by atoms with Crippen molar-refractivity contribution >= 4 is 22.5 Å². The van der Waals surface area contributed by atoms with Crippen molar-refractivity contribution in [3.63, 3.8) is 0 Å². The second kappa shape index (κ2) is 6.52. The van der Waals surface area contributed by atoms with E-state index in [1.54, 1.807) is 6.20 Å². The lowest BCUT2D eigenvalue weighted by atomic mass is 10.0. The van der Waals surface area contributed by atoms with Gasteiger partial charge in [-0.05, 0) is 25.8 Å². The number of amides is 1. The molecule has 5 nitrogen and oxygen atoms in total. The first kappa shape index (κ1) is 14.5. The summed E-state index contributed by atoms with van der Waals surface area (Å²) >= 11 is 0. The normalized spacial score (nSPS) is 14.2. The lowest BCUT2D eigenvalue weighted by Gasteiger charge is -2.13. The summed E-state index contributed by atoms with van der Waals surface area (Å²) in [4.78, 5) is 12.2. The van der Waals surface area contributed by atoms with Gasteiger partial charge in [-0.2, -0.15) is 5.10 Å². The summed E-state index contributed by atoms with van der Waals surface area (Å²) < 4.78 is 0. The van der Waals surface area contributed by atoms with Crippen LogP contribution in [0.2, 0.25) is 0 Å². The van der Waals surface area contributed by atoms with Gasteiger partial charge >= 0.3 is 0 Å². The van der Waals surface area contributed by atoms with Gasteiger partial charge in [0, 0.05) is 17.3 Å². The number of nitrogens with one attached hydrogen (secondary N) is 2. The third-order valence-electron chi connectivity index (χ3n) is 3.48. The predicted octanol–water partition coefficient (Wildman–Crippen LogP) is 2.66. The largest absolute Gasteiger partial charge is 0.328 e. The molecule has 2 atom stereocenters. The summed E-state index contributed by atoms with van der Waals surface area (Å²) in [7, 11) is 0. The zero-order valence-electron chi connectivity index (χ0n) is 12.0. The lowest BCUT2D eigenvalue weighted by molar-refractivity contribution is -0.119. The molecule has 0 spiro atoms. The molecular formula is C15H22N4O. The van der Waals surface area contributed by atoms with Gasteiger partial charge in [0.05, 0.1) is 17.4 Å². The molecule has 0 radical (unpaired) electrons. The highest BCUT2D eigenvalue weighted by Crippen LogP contribution is 2.21. The first-order valence-corrected chi connectivity index (χ1v) is 7.06. The molecule has 4 N–H and O–H groups in total. The number of aromatic amines is 1. The van der Waals surface area contributed by atoms with Crippen molar-refractivity contribution in [2.45, 2.75) is 39.2 Å². The number of nitrogens with zero attached hydrogens (tertiary/aromatic N) is 1. The Morgan fingerprint density at radius 1 is 1.40 bits per heavy atom. The molecular weight excluding hydrogens is 252 g/mol. The van der Waals surface area contributed by atoms with Crippen molar-refractivity contribution in [2.75, 3.05) is 5.32 Å². The maximum atomic E-state index is 12.2. The van der Waals surface area contributed by atoms with Crippen molar-refractivity contribution in [1.82, 2.24) is 10.2 Å². The molecule has 0 aliphatic rings. The molecule has 5 heteroatoms. The second-order valence-corrected chi connectivity index (χ2v) is 5.44. The van der Waals surface area contributed by atoms with Gasteiger partial charge in [0.25, 0.3) is 0 Å². The van der Waals surface area contributed by atoms with Gasteiger partial charge in [-0.3, -0.25) is 9.89 Å². The fourth-order valence-corrected chi connectivity index (χ4v) is 2.21. The van der Waals surface area contributed by atoms with E-state index in [9.17, 15) is 4.79 Å². The van der Waals surface area contributed by atoms with E-state index in [2.05, 4.69) is 15.5 Å². The van der Waals surface area contributed by atoms with Crippen LogP contribution in [-0.2, 0) is 4.79 Å². The molecule has 1 aromatic heterocycles. The topological polar surface area (TPSA) is 83.8 Å². The molecule has 2 aromatic rings. The van der Waals surface area contributed by atoms with E-state index >= 15 is 0 Å². The van der Waals surface area contributed by atoms with Crippen LogP contribution >= 0.6 is 0 Å². The zero-order chi connectivity index (χ0) is 14.5. The van der Waals surface area contributed by atoms with Crippen LogP contribution in [0, 0.1) is 5.92 Å². The molecule has 0 bridgehead atoms. The predicted molar refractivity (Wildman–Crippen MR) is 81.4 cm³/mol.